The Morgan fingerprint density at radius 3 is 2.96 bits per heavy atom. The summed E-state index contributed by atoms with van der Waals surface area (Å²) in [4.78, 5) is 9.31. The van der Waals surface area contributed by atoms with Gasteiger partial charge in [0.05, 0.1) is 12.7 Å². The van der Waals surface area contributed by atoms with Crippen LogP contribution in [0.2, 0.25) is 0 Å². The molecule has 2 fully saturated rings. The van der Waals surface area contributed by atoms with Gasteiger partial charge in [0.2, 0.25) is 0 Å². The van der Waals surface area contributed by atoms with Crippen molar-refractivity contribution in [3.05, 3.63) is 29.8 Å². The van der Waals surface area contributed by atoms with Crippen LogP contribution in [0.1, 0.15) is 25.3 Å². The standard InChI is InChI=1S/C21H35N5O.HI/c1-4-25(18-8-5-7-17(2)13-18)12-10-23-21(22-3)24-14-20-15-26-11-6-9-19(26)16-27-20;/h5,7-8,13,19-20H,4,6,9-12,14-16H2,1-3H3,(H2,22,23,24);1H. The van der Waals surface area contributed by atoms with Gasteiger partial charge in [-0.05, 0) is 50.9 Å². The number of likely N-dealkylation sites (N-methyl/N-ethyl adjacent to an activating group) is 1. The van der Waals surface area contributed by atoms with E-state index < -0.39 is 0 Å². The lowest BCUT2D eigenvalue weighted by Crippen LogP contribution is -2.51. The number of guanidine groups is 1. The van der Waals surface area contributed by atoms with Gasteiger partial charge >= 0.3 is 0 Å². The second-order valence-corrected chi connectivity index (χ2v) is 7.54. The first-order chi connectivity index (χ1) is 13.2. The molecule has 1 aromatic carbocycles. The molecule has 158 valence electrons. The number of ether oxygens (including phenoxy) is 1. The highest BCUT2D eigenvalue weighted by Gasteiger charge is 2.32. The predicted molar refractivity (Wildman–Crippen MR) is 128 cm³/mol. The van der Waals surface area contributed by atoms with Gasteiger partial charge in [-0.2, -0.15) is 0 Å². The third-order valence-electron chi connectivity index (χ3n) is 5.61. The van der Waals surface area contributed by atoms with E-state index in [1.165, 1.54) is 30.6 Å². The monoisotopic (exact) mass is 501 g/mol. The zero-order valence-electron chi connectivity index (χ0n) is 17.5. The quantitative estimate of drug-likeness (QED) is 0.342. The average molecular weight is 501 g/mol. The molecule has 6 nitrogen and oxygen atoms in total. The molecule has 2 saturated heterocycles. The summed E-state index contributed by atoms with van der Waals surface area (Å²) >= 11 is 0. The number of anilines is 1. The molecule has 0 radical (unpaired) electrons. The zero-order chi connectivity index (χ0) is 19.1. The topological polar surface area (TPSA) is 52.1 Å². The maximum Gasteiger partial charge on any atom is 0.191 e. The molecule has 0 saturated carbocycles. The highest BCUT2D eigenvalue weighted by atomic mass is 127. The van der Waals surface area contributed by atoms with E-state index in [9.17, 15) is 0 Å². The predicted octanol–water partition coefficient (Wildman–Crippen LogP) is 2.47. The number of nitrogens with zero attached hydrogens (tertiary/aromatic N) is 3. The van der Waals surface area contributed by atoms with Crippen molar-refractivity contribution in [3.63, 3.8) is 0 Å². The van der Waals surface area contributed by atoms with E-state index in [4.69, 9.17) is 4.74 Å². The summed E-state index contributed by atoms with van der Waals surface area (Å²) in [6.07, 6.45) is 2.85. The maximum atomic E-state index is 6.02. The molecule has 0 spiro atoms. The summed E-state index contributed by atoms with van der Waals surface area (Å²) in [5.74, 6) is 0.849. The summed E-state index contributed by atoms with van der Waals surface area (Å²) in [6, 6.07) is 9.33. The molecule has 2 aliphatic heterocycles. The van der Waals surface area contributed by atoms with Crippen LogP contribution in [0.25, 0.3) is 0 Å². The summed E-state index contributed by atoms with van der Waals surface area (Å²) in [5, 5.41) is 6.86. The fourth-order valence-corrected chi connectivity index (χ4v) is 4.04. The Balaban J connectivity index is 0.00000280. The molecule has 3 rings (SSSR count). The van der Waals surface area contributed by atoms with Gasteiger partial charge in [0.1, 0.15) is 0 Å². The molecule has 2 aliphatic rings. The number of aryl methyl sites for hydroxylation is 1. The van der Waals surface area contributed by atoms with Gasteiger partial charge in [-0.25, -0.2) is 0 Å². The minimum atomic E-state index is 0. The lowest BCUT2D eigenvalue weighted by Gasteiger charge is -2.35. The Kier molecular flexibility index (Phi) is 9.81. The largest absolute Gasteiger partial charge is 0.373 e. The minimum Gasteiger partial charge on any atom is -0.373 e. The molecule has 0 aliphatic carbocycles. The molecule has 7 heteroatoms. The Bertz CT molecular complexity index is 627. The highest BCUT2D eigenvalue weighted by Crippen LogP contribution is 2.22. The van der Waals surface area contributed by atoms with Crippen LogP contribution in [0.4, 0.5) is 5.69 Å². The number of benzene rings is 1. The van der Waals surface area contributed by atoms with Crippen molar-refractivity contribution in [2.24, 2.45) is 4.99 Å². The van der Waals surface area contributed by atoms with Crippen LogP contribution in [-0.4, -0.2) is 75.9 Å². The number of hydrogen-bond acceptors (Lipinski definition) is 4. The van der Waals surface area contributed by atoms with Crippen molar-refractivity contribution in [1.29, 1.82) is 0 Å². The first kappa shape index (κ1) is 23.2. The number of aliphatic imine (C=N–C) groups is 1. The third kappa shape index (κ3) is 6.49. The number of fused-ring (bicyclic) bond motifs is 1. The fourth-order valence-electron chi connectivity index (χ4n) is 4.04. The van der Waals surface area contributed by atoms with Crippen molar-refractivity contribution < 1.29 is 4.74 Å². The van der Waals surface area contributed by atoms with Crippen molar-refractivity contribution >= 4 is 35.6 Å². The molecule has 2 atom stereocenters. The summed E-state index contributed by atoms with van der Waals surface area (Å²) in [5.41, 5.74) is 2.57. The van der Waals surface area contributed by atoms with Crippen LogP contribution in [0.15, 0.2) is 29.3 Å². The summed E-state index contributed by atoms with van der Waals surface area (Å²) in [7, 11) is 1.83. The molecule has 2 N–H and O–H groups in total. The minimum absolute atomic E-state index is 0. The first-order valence-corrected chi connectivity index (χ1v) is 10.3. The lowest BCUT2D eigenvalue weighted by atomic mass is 10.2. The number of hydrogen-bond donors (Lipinski definition) is 2. The van der Waals surface area contributed by atoms with E-state index in [0.29, 0.717) is 6.04 Å². The Labute approximate surface area is 187 Å². The van der Waals surface area contributed by atoms with Crippen LogP contribution in [0.5, 0.6) is 0 Å². The van der Waals surface area contributed by atoms with Gasteiger partial charge in [-0.1, -0.05) is 12.1 Å². The normalized spacial score (nSPS) is 22.3. The van der Waals surface area contributed by atoms with Crippen molar-refractivity contribution in [3.8, 4) is 0 Å². The van der Waals surface area contributed by atoms with Crippen LogP contribution >= 0.6 is 24.0 Å². The Morgan fingerprint density at radius 1 is 1.36 bits per heavy atom. The van der Waals surface area contributed by atoms with E-state index in [-0.39, 0.29) is 30.1 Å². The van der Waals surface area contributed by atoms with E-state index >= 15 is 0 Å². The van der Waals surface area contributed by atoms with Crippen molar-refractivity contribution in [2.45, 2.75) is 38.8 Å². The molecular weight excluding hydrogens is 465 g/mol. The summed E-state index contributed by atoms with van der Waals surface area (Å²) in [6.45, 7) is 11.1. The van der Waals surface area contributed by atoms with E-state index in [2.05, 4.69) is 63.5 Å². The third-order valence-corrected chi connectivity index (χ3v) is 5.61. The second kappa shape index (κ2) is 11.8. The van der Waals surface area contributed by atoms with Gasteiger partial charge in [0.25, 0.3) is 0 Å². The molecule has 1 aromatic rings. The number of morpholine rings is 1. The van der Waals surface area contributed by atoms with Gasteiger partial charge in [-0.3, -0.25) is 9.89 Å². The van der Waals surface area contributed by atoms with E-state index in [1.54, 1.807) is 0 Å². The first-order valence-electron chi connectivity index (χ1n) is 10.3. The number of nitrogens with one attached hydrogen (secondary N) is 2. The fraction of sp³-hybridized carbons (Fsp3) is 0.667. The molecular formula is C21H36IN5O. The number of rotatable bonds is 7. The zero-order valence-corrected chi connectivity index (χ0v) is 19.8. The van der Waals surface area contributed by atoms with Crippen LogP contribution in [0.3, 0.4) is 0 Å². The van der Waals surface area contributed by atoms with E-state index in [0.717, 1.165) is 45.3 Å². The van der Waals surface area contributed by atoms with E-state index in [1.807, 2.05) is 7.05 Å². The van der Waals surface area contributed by atoms with Crippen LogP contribution < -0.4 is 15.5 Å². The number of halogens is 1. The molecule has 2 unspecified atom stereocenters. The Hall–Kier alpha value is -1.06. The summed E-state index contributed by atoms with van der Waals surface area (Å²) < 4.78 is 6.02. The van der Waals surface area contributed by atoms with Crippen LogP contribution in [-0.2, 0) is 4.74 Å². The second-order valence-electron chi connectivity index (χ2n) is 7.54. The lowest BCUT2D eigenvalue weighted by molar-refractivity contribution is -0.0453. The average Bonchev–Trinajstić information content (AvgIpc) is 3.15. The smallest absolute Gasteiger partial charge is 0.191 e. The van der Waals surface area contributed by atoms with Crippen molar-refractivity contribution in [2.75, 3.05) is 57.8 Å². The maximum absolute atomic E-state index is 6.02. The molecule has 0 bridgehead atoms. The van der Waals surface area contributed by atoms with Gasteiger partial charge < -0.3 is 20.3 Å². The van der Waals surface area contributed by atoms with Gasteiger partial charge in [0.15, 0.2) is 5.96 Å². The Morgan fingerprint density at radius 2 is 2.21 bits per heavy atom. The highest BCUT2D eigenvalue weighted by molar-refractivity contribution is 14.0. The SMILES string of the molecule is CCN(CCNC(=NC)NCC1CN2CCCC2CO1)c1cccc(C)c1.I. The van der Waals surface area contributed by atoms with Gasteiger partial charge in [0, 0.05) is 51.5 Å². The van der Waals surface area contributed by atoms with Crippen LogP contribution in [0, 0.1) is 6.92 Å². The molecule has 0 aromatic heterocycles. The molecule has 0 amide bonds. The van der Waals surface area contributed by atoms with Gasteiger partial charge in [-0.15, -0.1) is 24.0 Å². The molecule has 28 heavy (non-hydrogen) atoms. The molecule has 2 heterocycles. The van der Waals surface area contributed by atoms with Crippen molar-refractivity contribution in [1.82, 2.24) is 15.5 Å².